The Labute approximate surface area is 135 Å². The minimum atomic E-state index is -0.425. The first-order valence-electron chi connectivity index (χ1n) is 7.81. The third-order valence-corrected chi connectivity index (χ3v) is 4.67. The van der Waals surface area contributed by atoms with Crippen LogP contribution in [-0.2, 0) is 20.9 Å². The van der Waals surface area contributed by atoms with E-state index in [-0.39, 0.29) is 36.4 Å². The van der Waals surface area contributed by atoms with Gasteiger partial charge in [0.25, 0.3) is 0 Å². The summed E-state index contributed by atoms with van der Waals surface area (Å²) in [5, 5.41) is 0. The zero-order valence-corrected chi connectivity index (χ0v) is 13.3. The number of benzene rings is 1. The van der Waals surface area contributed by atoms with Crippen molar-refractivity contribution in [1.29, 1.82) is 0 Å². The van der Waals surface area contributed by atoms with Crippen LogP contribution < -0.4 is 0 Å². The number of likely N-dealkylation sites (tertiary alicyclic amines) is 2. The first-order valence-corrected chi connectivity index (χ1v) is 7.81. The molecule has 6 nitrogen and oxygen atoms in total. The third-order valence-electron chi connectivity index (χ3n) is 4.67. The molecule has 2 saturated heterocycles. The average Bonchev–Trinajstić information content (AvgIpc) is 3.06. The van der Waals surface area contributed by atoms with Gasteiger partial charge in [0.05, 0.1) is 18.0 Å². The molecular formula is C17H20N2O4. The van der Waals surface area contributed by atoms with Gasteiger partial charge in [-0.25, -0.2) is 4.79 Å². The molecule has 0 saturated carbocycles. The van der Waals surface area contributed by atoms with Crippen molar-refractivity contribution in [2.75, 3.05) is 6.54 Å². The maximum absolute atomic E-state index is 12.4. The van der Waals surface area contributed by atoms with Crippen LogP contribution in [0.4, 0.5) is 4.79 Å². The lowest BCUT2D eigenvalue weighted by molar-refractivity contribution is -0.143. The zero-order valence-electron chi connectivity index (χ0n) is 13.3. The van der Waals surface area contributed by atoms with E-state index >= 15 is 0 Å². The van der Waals surface area contributed by atoms with E-state index in [2.05, 4.69) is 0 Å². The molecule has 2 heterocycles. The molecule has 0 radical (unpaired) electrons. The Morgan fingerprint density at radius 1 is 1.26 bits per heavy atom. The number of fused-ring (bicyclic) bond motifs is 1. The molecule has 0 spiro atoms. The lowest BCUT2D eigenvalue weighted by atomic mass is 10.0. The molecule has 2 aliphatic heterocycles. The Kier molecular flexibility index (Phi) is 4.07. The van der Waals surface area contributed by atoms with E-state index in [1.807, 2.05) is 30.3 Å². The monoisotopic (exact) mass is 316 g/mol. The van der Waals surface area contributed by atoms with E-state index in [1.54, 1.807) is 11.8 Å². The molecule has 2 aliphatic rings. The second-order valence-corrected chi connectivity index (χ2v) is 6.10. The Morgan fingerprint density at radius 3 is 2.61 bits per heavy atom. The Balaban J connectivity index is 1.68. The number of ether oxygens (including phenoxy) is 1. The van der Waals surface area contributed by atoms with Gasteiger partial charge in [0.2, 0.25) is 11.8 Å². The molecule has 6 heteroatoms. The topological polar surface area (TPSA) is 66.9 Å². The fourth-order valence-electron chi connectivity index (χ4n) is 3.62. The van der Waals surface area contributed by atoms with E-state index < -0.39 is 6.09 Å². The van der Waals surface area contributed by atoms with Crippen LogP contribution in [0.5, 0.6) is 0 Å². The number of carbonyl (C=O) groups excluding carboxylic acids is 3. The predicted molar refractivity (Wildman–Crippen MR) is 82.2 cm³/mol. The number of carbonyl (C=O) groups is 3. The van der Waals surface area contributed by atoms with Crippen molar-refractivity contribution in [2.45, 2.75) is 39.0 Å². The summed E-state index contributed by atoms with van der Waals surface area (Å²) in [6.07, 6.45) is 0.187. The van der Waals surface area contributed by atoms with E-state index in [0.717, 1.165) is 5.56 Å². The summed E-state index contributed by atoms with van der Waals surface area (Å²) in [7, 11) is 0. The van der Waals surface area contributed by atoms with Crippen molar-refractivity contribution in [3.63, 3.8) is 0 Å². The quantitative estimate of drug-likeness (QED) is 0.834. The average molecular weight is 316 g/mol. The summed E-state index contributed by atoms with van der Waals surface area (Å²) in [4.78, 5) is 39.2. The summed E-state index contributed by atoms with van der Waals surface area (Å²) in [5.74, 6) is -0.836. The van der Waals surface area contributed by atoms with Crippen LogP contribution in [-0.4, -0.2) is 46.3 Å². The lowest BCUT2D eigenvalue weighted by Crippen LogP contribution is -2.42. The maximum atomic E-state index is 12.4. The second-order valence-electron chi connectivity index (χ2n) is 6.10. The van der Waals surface area contributed by atoms with Gasteiger partial charge in [-0.05, 0) is 12.0 Å². The molecule has 2 fully saturated rings. The first-order chi connectivity index (χ1) is 11.0. The van der Waals surface area contributed by atoms with Gasteiger partial charge in [-0.1, -0.05) is 37.3 Å². The summed E-state index contributed by atoms with van der Waals surface area (Å²) in [5.41, 5.74) is 0.914. The van der Waals surface area contributed by atoms with Crippen LogP contribution in [0.2, 0.25) is 0 Å². The van der Waals surface area contributed by atoms with Crippen molar-refractivity contribution in [1.82, 2.24) is 9.80 Å². The molecule has 1 aromatic carbocycles. The molecule has 0 aromatic heterocycles. The summed E-state index contributed by atoms with van der Waals surface area (Å²) >= 11 is 0. The molecule has 0 N–H and O–H groups in total. The molecule has 0 bridgehead atoms. The largest absolute Gasteiger partial charge is 0.445 e. The highest BCUT2D eigenvalue weighted by atomic mass is 16.6. The molecule has 1 aromatic rings. The molecule has 122 valence electrons. The number of rotatable bonds is 2. The molecular weight excluding hydrogens is 296 g/mol. The van der Waals surface area contributed by atoms with Gasteiger partial charge in [0.15, 0.2) is 0 Å². The van der Waals surface area contributed by atoms with Crippen LogP contribution in [0.3, 0.4) is 0 Å². The normalized spacial score (nSPS) is 26.3. The van der Waals surface area contributed by atoms with Gasteiger partial charge >= 0.3 is 6.09 Å². The highest BCUT2D eigenvalue weighted by molar-refractivity contribution is 5.98. The van der Waals surface area contributed by atoms with Crippen molar-refractivity contribution >= 4 is 17.9 Å². The third kappa shape index (κ3) is 2.69. The van der Waals surface area contributed by atoms with Crippen molar-refractivity contribution in [3.8, 4) is 0 Å². The molecule has 3 atom stereocenters. The Morgan fingerprint density at radius 2 is 1.96 bits per heavy atom. The molecule has 23 heavy (non-hydrogen) atoms. The number of nitrogens with zero attached hydrogens (tertiary/aromatic N) is 2. The van der Waals surface area contributed by atoms with Crippen molar-refractivity contribution in [2.24, 2.45) is 5.92 Å². The van der Waals surface area contributed by atoms with Gasteiger partial charge < -0.3 is 9.64 Å². The smallest absolute Gasteiger partial charge is 0.410 e. The minimum absolute atomic E-state index is 0.201. The van der Waals surface area contributed by atoms with Gasteiger partial charge in [-0.3, -0.25) is 14.5 Å². The number of imide groups is 1. The second kappa shape index (κ2) is 6.02. The highest BCUT2D eigenvalue weighted by Gasteiger charge is 2.54. The highest BCUT2D eigenvalue weighted by Crippen LogP contribution is 2.36. The summed E-state index contributed by atoms with van der Waals surface area (Å²) < 4.78 is 5.37. The fourth-order valence-corrected chi connectivity index (χ4v) is 3.62. The van der Waals surface area contributed by atoms with Gasteiger partial charge in [-0.15, -0.1) is 0 Å². The molecule has 3 amide bonds. The van der Waals surface area contributed by atoms with Crippen LogP contribution in [0.15, 0.2) is 30.3 Å². The van der Waals surface area contributed by atoms with Crippen molar-refractivity contribution < 1.29 is 19.1 Å². The van der Waals surface area contributed by atoms with Crippen LogP contribution in [0, 0.1) is 5.92 Å². The van der Waals surface area contributed by atoms with Crippen molar-refractivity contribution in [3.05, 3.63) is 35.9 Å². The molecule has 3 rings (SSSR count). The minimum Gasteiger partial charge on any atom is -0.445 e. The maximum Gasteiger partial charge on any atom is 0.410 e. The zero-order chi connectivity index (χ0) is 16.6. The van der Waals surface area contributed by atoms with Gasteiger partial charge in [0.1, 0.15) is 6.61 Å². The predicted octanol–water partition coefficient (Wildman–Crippen LogP) is 1.79. The Bertz CT molecular complexity index is 631. The van der Waals surface area contributed by atoms with Crippen LogP contribution in [0.25, 0.3) is 0 Å². The number of hydrogen-bond donors (Lipinski definition) is 0. The SMILES string of the molecule is CC(=O)N1C(=O)[C@H](C)[C@@H]2[C@@H]1CCN2C(=O)OCc1ccccc1. The standard InChI is InChI=1S/C17H20N2O4/c1-11-15-14(19(12(2)20)16(11)21)8-9-18(15)17(22)23-10-13-6-4-3-5-7-13/h3-7,11,14-15H,8-10H2,1-2H3/t11-,14+,15-/m1/s1. The molecule has 0 unspecified atom stereocenters. The van der Waals surface area contributed by atoms with E-state index in [4.69, 9.17) is 4.74 Å². The number of amides is 3. The van der Waals surface area contributed by atoms with E-state index in [9.17, 15) is 14.4 Å². The van der Waals surface area contributed by atoms with Gasteiger partial charge in [-0.2, -0.15) is 0 Å². The van der Waals surface area contributed by atoms with E-state index in [1.165, 1.54) is 11.8 Å². The van der Waals surface area contributed by atoms with E-state index in [0.29, 0.717) is 13.0 Å². The first kappa shape index (κ1) is 15.5. The van der Waals surface area contributed by atoms with Crippen LogP contribution in [0.1, 0.15) is 25.8 Å². The molecule has 0 aliphatic carbocycles. The Hall–Kier alpha value is -2.37. The van der Waals surface area contributed by atoms with Gasteiger partial charge in [0, 0.05) is 13.5 Å². The number of hydrogen-bond acceptors (Lipinski definition) is 4. The summed E-state index contributed by atoms with van der Waals surface area (Å²) in [6, 6.07) is 8.94. The fraction of sp³-hybridized carbons (Fsp3) is 0.471. The lowest BCUT2D eigenvalue weighted by Gasteiger charge is -2.25. The van der Waals surface area contributed by atoms with Crippen LogP contribution >= 0.6 is 0 Å². The summed E-state index contributed by atoms with van der Waals surface area (Å²) in [6.45, 7) is 3.87.